The lowest BCUT2D eigenvalue weighted by Gasteiger charge is -2.23. The zero-order chi connectivity index (χ0) is 9.07. The Bertz CT molecular complexity index is 142. The summed E-state index contributed by atoms with van der Waals surface area (Å²) < 4.78 is 11.7. The molecule has 0 amide bonds. The molecule has 0 fully saturated rings. The first-order chi connectivity index (χ1) is 4.95. The third kappa shape index (κ3) is 2.58. The molecule has 3 nitrogen and oxygen atoms in total. The highest BCUT2D eigenvalue weighted by Gasteiger charge is 2.32. The molecule has 0 aliphatic rings. The van der Waals surface area contributed by atoms with Crippen LogP contribution in [-0.4, -0.2) is 28.1 Å². The van der Waals surface area contributed by atoms with E-state index in [0.717, 1.165) is 6.42 Å². The van der Waals surface area contributed by atoms with E-state index in [9.17, 15) is 4.57 Å². The molecular formula is C7H17O3P. The highest BCUT2D eigenvalue weighted by Crippen LogP contribution is 2.53. The van der Waals surface area contributed by atoms with E-state index in [0.29, 0.717) is 6.16 Å². The van der Waals surface area contributed by atoms with Crippen molar-refractivity contribution in [1.29, 1.82) is 0 Å². The van der Waals surface area contributed by atoms with E-state index in [1.54, 1.807) is 0 Å². The molecule has 2 N–H and O–H groups in total. The first-order valence-electron chi connectivity index (χ1n) is 3.89. The molecule has 0 saturated carbocycles. The van der Waals surface area contributed by atoms with Gasteiger partial charge in [-0.2, -0.15) is 0 Å². The Morgan fingerprint density at radius 1 is 1.27 bits per heavy atom. The topological polar surface area (TPSA) is 57.5 Å². The lowest BCUT2D eigenvalue weighted by Crippen LogP contribution is -2.15. The predicted molar refractivity (Wildman–Crippen MR) is 46.1 cm³/mol. The van der Waals surface area contributed by atoms with Crippen LogP contribution >= 0.6 is 7.14 Å². The van der Waals surface area contributed by atoms with Crippen LogP contribution in [0.4, 0.5) is 0 Å². The Morgan fingerprint density at radius 3 is 1.73 bits per heavy atom. The van der Waals surface area contributed by atoms with Crippen molar-refractivity contribution in [2.75, 3.05) is 6.16 Å². The summed E-state index contributed by atoms with van der Waals surface area (Å²) in [5.74, 6) is -1.77. The molecule has 2 unspecified atom stereocenters. The average molecular weight is 180 g/mol. The van der Waals surface area contributed by atoms with Gasteiger partial charge in [-0.1, -0.05) is 6.92 Å². The monoisotopic (exact) mass is 180 g/mol. The van der Waals surface area contributed by atoms with Crippen LogP contribution < -0.4 is 0 Å². The Kier molecular flexibility index (Phi) is 4.30. The molecule has 0 aromatic carbocycles. The zero-order valence-corrected chi connectivity index (χ0v) is 8.21. The predicted octanol–water partition coefficient (Wildman–Crippen LogP) is 1.44. The van der Waals surface area contributed by atoms with E-state index in [1.807, 2.05) is 6.92 Å². The number of rotatable bonds is 4. The van der Waals surface area contributed by atoms with Gasteiger partial charge in [-0.25, -0.2) is 0 Å². The maximum Gasteiger partial charge on any atom is 0.141 e. The van der Waals surface area contributed by atoms with Crippen molar-refractivity contribution >= 4 is 7.14 Å². The number of hydrogen-bond acceptors (Lipinski definition) is 3. The second-order valence-corrected chi connectivity index (χ2v) is 6.49. The molecule has 0 spiro atoms. The van der Waals surface area contributed by atoms with Crippen molar-refractivity contribution in [1.82, 2.24) is 0 Å². The quantitative estimate of drug-likeness (QED) is 0.643. The first kappa shape index (κ1) is 11.2. The SMILES string of the molecule is CCCP(=O)(C(C)O)C(C)O. The van der Waals surface area contributed by atoms with Crippen LogP contribution in [0.25, 0.3) is 0 Å². The van der Waals surface area contributed by atoms with Crippen LogP contribution in [0.2, 0.25) is 0 Å². The minimum Gasteiger partial charge on any atom is -0.386 e. The molecule has 0 aromatic rings. The minimum atomic E-state index is -2.75. The second kappa shape index (κ2) is 4.24. The Balaban J connectivity index is 4.40. The van der Waals surface area contributed by atoms with Crippen LogP contribution in [0.1, 0.15) is 27.2 Å². The van der Waals surface area contributed by atoms with Gasteiger partial charge in [0.15, 0.2) is 0 Å². The van der Waals surface area contributed by atoms with Crippen molar-refractivity contribution in [3.05, 3.63) is 0 Å². The fourth-order valence-corrected chi connectivity index (χ4v) is 3.11. The standard InChI is InChI=1S/C7H17O3P/c1-4-5-11(10,6(2)8)7(3)9/h6-9H,4-5H2,1-3H3. The van der Waals surface area contributed by atoms with E-state index in [-0.39, 0.29) is 0 Å². The molecule has 0 aliphatic carbocycles. The zero-order valence-electron chi connectivity index (χ0n) is 7.32. The number of aliphatic hydroxyl groups excluding tert-OH is 2. The summed E-state index contributed by atoms with van der Waals surface area (Å²) in [5.41, 5.74) is 0. The summed E-state index contributed by atoms with van der Waals surface area (Å²) in [5, 5.41) is 18.3. The normalized spacial score (nSPS) is 22.3. The largest absolute Gasteiger partial charge is 0.386 e. The van der Waals surface area contributed by atoms with Gasteiger partial charge in [0, 0.05) is 6.16 Å². The Morgan fingerprint density at radius 2 is 1.64 bits per heavy atom. The molecular weight excluding hydrogens is 163 g/mol. The summed E-state index contributed by atoms with van der Waals surface area (Å²) in [4.78, 5) is 0. The van der Waals surface area contributed by atoms with Crippen molar-refractivity contribution in [2.24, 2.45) is 0 Å². The van der Waals surface area contributed by atoms with Gasteiger partial charge < -0.3 is 14.8 Å². The third-order valence-corrected chi connectivity index (χ3v) is 5.51. The summed E-state index contributed by atoms with van der Waals surface area (Å²) in [6.45, 7) is 4.84. The van der Waals surface area contributed by atoms with E-state index < -0.39 is 18.8 Å². The molecule has 2 atom stereocenters. The minimum absolute atomic E-state index is 0.419. The Labute approximate surface area is 67.8 Å². The van der Waals surface area contributed by atoms with E-state index in [2.05, 4.69) is 0 Å². The average Bonchev–Trinajstić information content (AvgIpc) is 1.87. The molecule has 0 bridgehead atoms. The summed E-state index contributed by atoms with van der Waals surface area (Å²) in [6.07, 6.45) is 1.15. The van der Waals surface area contributed by atoms with Gasteiger partial charge in [0.25, 0.3) is 0 Å². The van der Waals surface area contributed by atoms with E-state index in [1.165, 1.54) is 13.8 Å². The maximum atomic E-state index is 11.7. The van der Waals surface area contributed by atoms with E-state index in [4.69, 9.17) is 10.2 Å². The highest BCUT2D eigenvalue weighted by atomic mass is 31.2. The highest BCUT2D eigenvalue weighted by molar-refractivity contribution is 7.64. The van der Waals surface area contributed by atoms with Crippen molar-refractivity contribution in [2.45, 2.75) is 38.9 Å². The molecule has 68 valence electrons. The van der Waals surface area contributed by atoms with Gasteiger partial charge in [0.05, 0.1) is 0 Å². The van der Waals surface area contributed by atoms with Gasteiger partial charge in [-0.3, -0.25) is 0 Å². The van der Waals surface area contributed by atoms with Gasteiger partial charge in [0.1, 0.15) is 18.8 Å². The first-order valence-corrected chi connectivity index (χ1v) is 5.92. The molecule has 0 rings (SSSR count). The molecule has 11 heavy (non-hydrogen) atoms. The van der Waals surface area contributed by atoms with Crippen LogP contribution in [0.5, 0.6) is 0 Å². The number of hydrogen-bond donors (Lipinski definition) is 2. The molecule has 4 heteroatoms. The van der Waals surface area contributed by atoms with E-state index >= 15 is 0 Å². The van der Waals surface area contributed by atoms with Gasteiger partial charge in [-0.05, 0) is 20.3 Å². The van der Waals surface area contributed by atoms with Crippen LogP contribution in [0.15, 0.2) is 0 Å². The van der Waals surface area contributed by atoms with Gasteiger partial charge in [-0.15, -0.1) is 0 Å². The van der Waals surface area contributed by atoms with Gasteiger partial charge >= 0.3 is 0 Å². The fourth-order valence-electron chi connectivity index (χ4n) is 1.04. The molecule has 0 heterocycles. The summed E-state index contributed by atoms with van der Waals surface area (Å²) in [7, 11) is -2.75. The van der Waals surface area contributed by atoms with Crippen molar-refractivity contribution in [3.8, 4) is 0 Å². The Hall–Kier alpha value is 0.150. The summed E-state index contributed by atoms with van der Waals surface area (Å²) in [6, 6.07) is 0. The summed E-state index contributed by atoms with van der Waals surface area (Å²) >= 11 is 0. The van der Waals surface area contributed by atoms with Crippen LogP contribution in [-0.2, 0) is 4.57 Å². The molecule has 0 radical (unpaired) electrons. The number of aliphatic hydroxyl groups is 2. The second-order valence-electron chi connectivity index (χ2n) is 2.84. The van der Waals surface area contributed by atoms with Crippen LogP contribution in [0.3, 0.4) is 0 Å². The van der Waals surface area contributed by atoms with Crippen molar-refractivity contribution in [3.63, 3.8) is 0 Å². The third-order valence-electron chi connectivity index (χ3n) is 1.84. The molecule has 0 aromatic heterocycles. The van der Waals surface area contributed by atoms with Crippen LogP contribution in [0, 0.1) is 0 Å². The maximum absolute atomic E-state index is 11.7. The van der Waals surface area contributed by atoms with Gasteiger partial charge in [0.2, 0.25) is 0 Å². The lowest BCUT2D eigenvalue weighted by molar-refractivity contribution is 0.227. The fraction of sp³-hybridized carbons (Fsp3) is 1.00. The molecule has 0 aliphatic heterocycles. The smallest absolute Gasteiger partial charge is 0.141 e. The lowest BCUT2D eigenvalue weighted by atomic mass is 10.6. The molecule has 0 saturated heterocycles. The van der Waals surface area contributed by atoms with Crippen molar-refractivity contribution < 1.29 is 14.8 Å².